The molecule has 0 radical (unpaired) electrons. The van der Waals surface area contributed by atoms with Crippen molar-refractivity contribution in [3.05, 3.63) is 76.8 Å². The number of methoxy groups -OCH3 is 1. The van der Waals surface area contributed by atoms with Gasteiger partial charge >= 0.3 is 0 Å². The van der Waals surface area contributed by atoms with E-state index >= 15 is 0 Å². The lowest BCUT2D eigenvalue weighted by atomic mass is 9.98. The highest BCUT2D eigenvalue weighted by atomic mass is 16.5. The van der Waals surface area contributed by atoms with Crippen LogP contribution in [0, 0.1) is 5.92 Å². The van der Waals surface area contributed by atoms with Gasteiger partial charge < -0.3 is 35.1 Å². The second-order valence-electron chi connectivity index (χ2n) is 13.8. The summed E-state index contributed by atoms with van der Waals surface area (Å²) in [6, 6.07) is 11.6. The highest BCUT2D eigenvalue weighted by Gasteiger charge is 2.38. The van der Waals surface area contributed by atoms with Gasteiger partial charge in [0, 0.05) is 75.9 Å². The number of aldehydes is 1. The molecule has 1 amide bonds. The molecule has 3 aromatic rings. The summed E-state index contributed by atoms with van der Waals surface area (Å²) in [4.78, 5) is 35.2. The molecule has 10 heteroatoms. The molecule has 1 atom stereocenters. The number of carbonyl (C=O) groups is 2. The minimum atomic E-state index is 0.147. The molecule has 2 aromatic carbocycles. The molecule has 10 nitrogen and oxygen atoms in total. The third-order valence-corrected chi connectivity index (χ3v) is 10.0. The average molecular weight is 700 g/mol. The molecular formula is C41H61N7O3. The number of imidazole rings is 1. The fourth-order valence-corrected chi connectivity index (χ4v) is 7.22. The minimum absolute atomic E-state index is 0.147. The van der Waals surface area contributed by atoms with E-state index in [-0.39, 0.29) is 11.9 Å². The summed E-state index contributed by atoms with van der Waals surface area (Å²) in [6.45, 7) is 15.9. The fraction of sp³-hybridized carbons (Fsp3) is 0.537. The van der Waals surface area contributed by atoms with Crippen molar-refractivity contribution in [1.29, 1.82) is 0 Å². The third-order valence-electron chi connectivity index (χ3n) is 10.0. The van der Waals surface area contributed by atoms with E-state index in [2.05, 4.69) is 64.5 Å². The van der Waals surface area contributed by atoms with Gasteiger partial charge in [0.25, 0.3) is 5.91 Å². The molecule has 1 unspecified atom stereocenters. The number of allylic oxidation sites excluding steroid dienone is 2. The maximum atomic E-state index is 13.0. The smallest absolute Gasteiger partial charge is 0.254 e. The lowest BCUT2D eigenvalue weighted by molar-refractivity contribution is -0.104. The predicted octanol–water partition coefficient (Wildman–Crippen LogP) is 6.19. The van der Waals surface area contributed by atoms with Crippen LogP contribution in [-0.2, 0) is 29.4 Å². The number of ether oxygens (including phenoxy) is 1. The van der Waals surface area contributed by atoms with Crippen LogP contribution in [0.15, 0.2) is 54.3 Å². The minimum Gasteiger partial charge on any atom is -0.399 e. The normalized spacial score (nSPS) is 18.5. The number of rotatable bonds is 8. The number of carbonyl (C=O) groups excluding carboxylic acids is 2. The Labute approximate surface area is 305 Å². The highest BCUT2D eigenvalue weighted by Crippen LogP contribution is 2.45. The molecule has 1 saturated heterocycles. The van der Waals surface area contributed by atoms with Crippen LogP contribution in [0.4, 0.5) is 11.4 Å². The average Bonchev–Trinajstić information content (AvgIpc) is 3.82. The number of aromatic nitrogens is 2. The number of hydrogen-bond acceptors (Lipinski definition) is 8. The molecule has 1 saturated carbocycles. The zero-order valence-corrected chi connectivity index (χ0v) is 32.3. The quantitative estimate of drug-likeness (QED) is 0.163. The number of fused-ring (bicyclic) bond motifs is 3. The Kier molecular flexibility index (Phi) is 14.3. The maximum Gasteiger partial charge on any atom is 0.254 e. The summed E-state index contributed by atoms with van der Waals surface area (Å²) >= 11 is 0. The molecule has 0 bridgehead atoms. The molecule has 2 fully saturated rings. The van der Waals surface area contributed by atoms with Gasteiger partial charge in [0.1, 0.15) is 12.1 Å². The Morgan fingerprint density at radius 1 is 1.08 bits per heavy atom. The Morgan fingerprint density at radius 2 is 1.76 bits per heavy atom. The number of amides is 1. The Balaban J connectivity index is 0.000000390. The van der Waals surface area contributed by atoms with Crippen molar-refractivity contribution in [3.8, 4) is 0 Å². The summed E-state index contributed by atoms with van der Waals surface area (Å²) in [5.41, 5.74) is 14.4. The number of anilines is 2. The van der Waals surface area contributed by atoms with Gasteiger partial charge in [-0.1, -0.05) is 26.5 Å². The highest BCUT2D eigenvalue weighted by molar-refractivity contribution is 6.00. The molecule has 0 spiro atoms. The standard InChI is InChI=1S/C31H39N5O2.C6H9NO.C2H7N.C2H6/c1-4-34-12-9-21-15-28-26(18-25(21)31(34)37)32-30(33(28)2)29-16-22-7-8-23(35-13-10-24(38-3)11-14-35)17-27(22)36(29)19-20-5-6-20;1-5(4-8)3-6(2)7;1-3-2;1-2/h7-8,15,17-18,20,24,29H,4-6,9-14,16,19H2,1-3H3;3-4H,2,7H2,1H3;3H,1-2H3;1-2H3/b;5-3+;;. The third kappa shape index (κ3) is 9.40. The summed E-state index contributed by atoms with van der Waals surface area (Å²) in [7, 11) is 7.74. The number of likely N-dealkylation sites (N-methyl/N-ethyl adjacent to an activating group) is 1. The van der Waals surface area contributed by atoms with Gasteiger partial charge in [-0.15, -0.1) is 0 Å². The summed E-state index contributed by atoms with van der Waals surface area (Å²) in [5.74, 6) is 2.04. The number of aryl methyl sites for hydroxylation is 1. The van der Waals surface area contributed by atoms with Crippen molar-refractivity contribution >= 4 is 34.6 Å². The second kappa shape index (κ2) is 18.4. The number of nitrogens with zero attached hydrogens (tertiary/aromatic N) is 5. The fourth-order valence-electron chi connectivity index (χ4n) is 7.22. The molecule has 1 aliphatic carbocycles. The van der Waals surface area contributed by atoms with Crippen molar-refractivity contribution in [3.63, 3.8) is 0 Å². The summed E-state index contributed by atoms with van der Waals surface area (Å²) < 4.78 is 7.89. The van der Waals surface area contributed by atoms with Crippen LogP contribution in [0.25, 0.3) is 11.0 Å². The first-order valence-electron chi connectivity index (χ1n) is 18.7. The summed E-state index contributed by atoms with van der Waals surface area (Å²) in [5, 5.41) is 2.75. The van der Waals surface area contributed by atoms with Crippen LogP contribution in [0.2, 0.25) is 0 Å². The van der Waals surface area contributed by atoms with Crippen LogP contribution in [0.1, 0.15) is 86.7 Å². The van der Waals surface area contributed by atoms with E-state index in [9.17, 15) is 9.59 Å². The number of benzene rings is 2. The van der Waals surface area contributed by atoms with Gasteiger partial charge in [-0.2, -0.15) is 0 Å². The lowest BCUT2D eigenvalue weighted by Crippen LogP contribution is -2.37. The molecule has 51 heavy (non-hydrogen) atoms. The second-order valence-corrected chi connectivity index (χ2v) is 13.8. The molecular weight excluding hydrogens is 638 g/mol. The number of nitrogens with two attached hydrogens (primary N) is 1. The number of nitrogens with one attached hydrogen (secondary N) is 1. The van der Waals surface area contributed by atoms with E-state index in [1.807, 2.05) is 46.0 Å². The molecule has 4 aliphatic rings. The van der Waals surface area contributed by atoms with Gasteiger partial charge in [-0.25, -0.2) is 4.98 Å². The SMILES string of the molecule is C=C(N)/C=C(\C)C=O.CC.CCN1CCc2cc3c(cc2C1=O)nc(C1Cc2ccc(N4CCC(OC)CC4)cc2N1CC1CC1)n3C.CNC. The van der Waals surface area contributed by atoms with Crippen molar-refractivity contribution in [2.45, 2.75) is 78.4 Å². The van der Waals surface area contributed by atoms with Gasteiger partial charge in [0.2, 0.25) is 0 Å². The number of piperidine rings is 1. The van der Waals surface area contributed by atoms with Gasteiger partial charge in [0.15, 0.2) is 0 Å². The van der Waals surface area contributed by atoms with Gasteiger partial charge in [-0.3, -0.25) is 9.59 Å². The Morgan fingerprint density at radius 3 is 2.33 bits per heavy atom. The molecule has 3 N–H and O–H groups in total. The molecule has 278 valence electrons. The monoisotopic (exact) mass is 699 g/mol. The van der Waals surface area contributed by atoms with Crippen LogP contribution in [0.3, 0.4) is 0 Å². The largest absolute Gasteiger partial charge is 0.399 e. The van der Waals surface area contributed by atoms with Crippen LogP contribution in [0.5, 0.6) is 0 Å². The van der Waals surface area contributed by atoms with Crippen LogP contribution < -0.4 is 20.9 Å². The van der Waals surface area contributed by atoms with Gasteiger partial charge in [0.05, 0.1) is 23.2 Å². The zero-order valence-electron chi connectivity index (χ0n) is 32.3. The first-order valence-corrected chi connectivity index (χ1v) is 18.7. The van der Waals surface area contributed by atoms with Crippen molar-refractivity contribution in [1.82, 2.24) is 19.8 Å². The first kappa shape index (κ1) is 39.6. The van der Waals surface area contributed by atoms with Crippen molar-refractivity contribution in [2.24, 2.45) is 18.7 Å². The predicted molar refractivity (Wildman–Crippen MR) is 211 cm³/mol. The zero-order chi connectivity index (χ0) is 37.2. The van der Waals surface area contributed by atoms with Gasteiger partial charge in [-0.05, 0) is 113 Å². The van der Waals surface area contributed by atoms with E-state index < -0.39 is 0 Å². The topological polar surface area (TPSA) is 109 Å². The molecule has 1 aromatic heterocycles. The molecule has 4 heterocycles. The Hall–Kier alpha value is -4.15. The van der Waals surface area contributed by atoms with Crippen LogP contribution in [-0.4, -0.2) is 86.7 Å². The molecule has 3 aliphatic heterocycles. The van der Waals surface area contributed by atoms with Crippen molar-refractivity contribution < 1.29 is 14.3 Å². The number of hydrogen-bond donors (Lipinski definition) is 2. The van der Waals surface area contributed by atoms with E-state index in [1.54, 1.807) is 6.92 Å². The lowest BCUT2D eigenvalue weighted by Gasteiger charge is -2.34. The van der Waals surface area contributed by atoms with E-state index in [0.717, 1.165) is 98.6 Å². The first-order chi connectivity index (χ1) is 24.6. The van der Waals surface area contributed by atoms with E-state index in [0.29, 0.717) is 17.4 Å². The summed E-state index contributed by atoms with van der Waals surface area (Å²) in [6.07, 6.45) is 9.37. The van der Waals surface area contributed by atoms with Crippen LogP contribution >= 0.6 is 0 Å². The molecule has 7 rings (SSSR count). The van der Waals surface area contributed by atoms with E-state index in [1.165, 1.54) is 35.9 Å². The van der Waals surface area contributed by atoms with E-state index in [4.69, 9.17) is 15.5 Å². The Bertz CT molecular complexity index is 1680. The maximum absolute atomic E-state index is 13.0. The van der Waals surface area contributed by atoms with Crippen molar-refractivity contribution in [2.75, 3.05) is 63.7 Å².